The number of rotatable bonds is 7. The first-order valence-electron chi connectivity index (χ1n) is 9.23. The molecule has 0 atom stereocenters. The molecule has 158 valence electrons. The lowest BCUT2D eigenvalue weighted by atomic mass is 10.1. The molecule has 0 saturated heterocycles. The zero-order valence-corrected chi connectivity index (χ0v) is 17.7. The number of nitrogens with one attached hydrogen (secondary N) is 2. The third-order valence-corrected chi connectivity index (χ3v) is 6.24. The molecule has 0 radical (unpaired) electrons. The maximum Gasteiger partial charge on any atom is 0.277 e. The Kier molecular flexibility index (Phi) is 6.23. The lowest BCUT2D eigenvalue weighted by Gasteiger charge is -2.09. The maximum atomic E-state index is 12.5. The van der Waals surface area contributed by atoms with Crippen LogP contribution < -0.4 is 16.4 Å². The van der Waals surface area contributed by atoms with E-state index in [9.17, 15) is 14.4 Å². The van der Waals surface area contributed by atoms with Crippen LogP contribution in [0.4, 0.5) is 5.69 Å². The van der Waals surface area contributed by atoms with Crippen LogP contribution in [0.15, 0.2) is 61.9 Å². The summed E-state index contributed by atoms with van der Waals surface area (Å²) in [4.78, 5) is 37.5. The maximum absolute atomic E-state index is 12.5. The monoisotopic (exact) mass is 455 g/mol. The number of carbonyl (C=O) groups is 3. The van der Waals surface area contributed by atoms with Gasteiger partial charge in [-0.1, -0.05) is 35.7 Å². The molecule has 0 aliphatic carbocycles. The lowest BCUT2D eigenvalue weighted by Crippen LogP contribution is -2.26. The summed E-state index contributed by atoms with van der Waals surface area (Å²) in [6.45, 7) is 0.282. The Bertz CT molecular complexity index is 1160. The zero-order valence-electron chi connectivity index (χ0n) is 16.1. The highest BCUT2D eigenvalue weighted by Gasteiger charge is 2.20. The number of anilines is 1. The quantitative estimate of drug-likeness (QED) is 0.461. The first kappa shape index (κ1) is 20.9. The molecule has 11 heteroatoms. The normalized spacial score (nSPS) is 12.3. The summed E-state index contributed by atoms with van der Waals surface area (Å²) in [5.41, 5.74) is 6.69. The van der Waals surface area contributed by atoms with Crippen molar-refractivity contribution in [1.29, 1.82) is 0 Å². The first-order chi connectivity index (χ1) is 15.0. The second-order valence-electron chi connectivity index (χ2n) is 6.49. The van der Waals surface area contributed by atoms with Gasteiger partial charge in [0.1, 0.15) is 0 Å². The minimum absolute atomic E-state index is 0.0522. The average Bonchev–Trinajstić information content (AvgIpc) is 3.15. The predicted molar refractivity (Wildman–Crippen MR) is 115 cm³/mol. The Morgan fingerprint density at radius 2 is 2.00 bits per heavy atom. The molecule has 1 aliphatic heterocycles. The van der Waals surface area contributed by atoms with Crippen LogP contribution in [0.25, 0.3) is 0 Å². The van der Waals surface area contributed by atoms with Gasteiger partial charge in [0.15, 0.2) is 0 Å². The SMILES string of the molecule is NC(=O)CSc1nnc(CCNC(=O)c2ccc3c(c2)NC(=O)c2ccccc2S3)o1. The van der Waals surface area contributed by atoms with Crippen LogP contribution >= 0.6 is 23.5 Å². The van der Waals surface area contributed by atoms with Gasteiger partial charge in [0.05, 0.1) is 17.0 Å². The van der Waals surface area contributed by atoms with Crippen LogP contribution in [-0.4, -0.2) is 40.2 Å². The number of thioether (sulfide) groups is 1. The van der Waals surface area contributed by atoms with Gasteiger partial charge < -0.3 is 20.8 Å². The molecule has 4 N–H and O–H groups in total. The predicted octanol–water partition coefficient (Wildman–Crippen LogP) is 2.34. The van der Waals surface area contributed by atoms with Crippen LogP contribution in [-0.2, 0) is 11.2 Å². The van der Waals surface area contributed by atoms with Crippen molar-refractivity contribution >= 4 is 46.9 Å². The second kappa shape index (κ2) is 9.23. The van der Waals surface area contributed by atoms with Crippen molar-refractivity contribution in [2.24, 2.45) is 5.73 Å². The van der Waals surface area contributed by atoms with Crippen molar-refractivity contribution in [3.05, 3.63) is 59.5 Å². The van der Waals surface area contributed by atoms with Gasteiger partial charge in [-0.15, -0.1) is 10.2 Å². The van der Waals surface area contributed by atoms with E-state index in [0.717, 1.165) is 21.6 Å². The fourth-order valence-corrected chi connectivity index (χ4v) is 4.35. The highest BCUT2D eigenvalue weighted by Crippen LogP contribution is 2.38. The van der Waals surface area contributed by atoms with E-state index in [1.807, 2.05) is 24.3 Å². The molecule has 0 bridgehead atoms. The molecule has 0 saturated carbocycles. The molecule has 4 rings (SSSR count). The molecular formula is C20H17N5O4S2. The number of fused-ring (bicyclic) bond motifs is 2. The Morgan fingerprint density at radius 1 is 1.16 bits per heavy atom. The van der Waals surface area contributed by atoms with Crippen molar-refractivity contribution in [2.75, 3.05) is 17.6 Å². The third-order valence-electron chi connectivity index (χ3n) is 4.25. The smallest absolute Gasteiger partial charge is 0.277 e. The van der Waals surface area contributed by atoms with Crippen LogP contribution in [0.2, 0.25) is 0 Å². The lowest BCUT2D eigenvalue weighted by molar-refractivity contribution is -0.115. The first-order valence-corrected chi connectivity index (χ1v) is 11.0. The van der Waals surface area contributed by atoms with Crippen molar-refractivity contribution in [1.82, 2.24) is 15.5 Å². The summed E-state index contributed by atoms with van der Waals surface area (Å²) in [7, 11) is 0. The van der Waals surface area contributed by atoms with E-state index >= 15 is 0 Å². The van der Waals surface area contributed by atoms with E-state index in [2.05, 4.69) is 20.8 Å². The topological polar surface area (TPSA) is 140 Å². The van der Waals surface area contributed by atoms with Gasteiger partial charge in [0.25, 0.3) is 17.0 Å². The van der Waals surface area contributed by atoms with E-state index < -0.39 is 5.91 Å². The summed E-state index contributed by atoms with van der Waals surface area (Å²) < 4.78 is 5.38. The molecule has 0 spiro atoms. The fraction of sp³-hybridized carbons (Fsp3) is 0.150. The molecule has 1 aliphatic rings. The highest BCUT2D eigenvalue weighted by atomic mass is 32.2. The van der Waals surface area contributed by atoms with Crippen LogP contribution in [0.1, 0.15) is 26.6 Å². The van der Waals surface area contributed by atoms with Gasteiger partial charge in [0, 0.05) is 28.3 Å². The number of nitrogens with zero attached hydrogens (tertiary/aromatic N) is 2. The number of hydrogen-bond donors (Lipinski definition) is 3. The largest absolute Gasteiger partial charge is 0.416 e. The molecule has 0 fully saturated rings. The Hall–Kier alpha value is -3.31. The van der Waals surface area contributed by atoms with Crippen molar-refractivity contribution in [3.63, 3.8) is 0 Å². The Labute approximate surface area is 185 Å². The van der Waals surface area contributed by atoms with E-state index in [0.29, 0.717) is 29.1 Å². The number of carbonyl (C=O) groups excluding carboxylic acids is 3. The molecule has 1 aromatic heterocycles. The average molecular weight is 456 g/mol. The standard InChI is InChI=1S/C20H17N5O4S2/c21-16(26)10-30-20-25-24-17(29-20)7-8-22-18(27)11-5-6-15-13(9-11)23-19(28)12-3-1-2-4-14(12)31-15/h1-6,9H,7-8,10H2,(H2,21,26)(H,22,27)(H,23,28). The summed E-state index contributed by atoms with van der Waals surface area (Å²) in [6.07, 6.45) is 0.336. The fourth-order valence-electron chi connectivity index (χ4n) is 2.82. The van der Waals surface area contributed by atoms with Gasteiger partial charge in [-0.25, -0.2) is 0 Å². The summed E-state index contributed by atoms with van der Waals surface area (Å²) in [5.74, 6) is -0.573. The van der Waals surface area contributed by atoms with E-state index in [1.54, 1.807) is 18.2 Å². The van der Waals surface area contributed by atoms with Crippen molar-refractivity contribution in [3.8, 4) is 0 Å². The van der Waals surface area contributed by atoms with E-state index in [4.69, 9.17) is 10.2 Å². The van der Waals surface area contributed by atoms with E-state index in [1.165, 1.54) is 11.8 Å². The van der Waals surface area contributed by atoms with Crippen LogP contribution in [0.3, 0.4) is 0 Å². The van der Waals surface area contributed by atoms with Crippen LogP contribution in [0, 0.1) is 0 Å². The molecule has 0 unspecified atom stereocenters. The van der Waals surface area contributed by atoms with Gasteiger partial charge >= 0.3 is 0 Å². The van der Waals surface area contributed by atoms with Gasteiger partial charge in [0.2, 0.25) is 11.8 Å². The van der Waals surface area contributed by atoms with Gasteiger partial charge in [-0.3, -0.25) is 14.4 Å². The minimum Gasteiger partial charge on any atom is -0.416 e. The third kappa shape index (κ3) is 5.06. The number of nitrogens with two attached hydrogens (primary N) is 1. The number of primary amides is 1. The Balaban J connectivity index is 1.36. The molecule has 2 aromatic carbocycles. The van der Waals surface area contributed by atoms with Crippen molar-refractivity contribution < 1.29 is 18.8 Å². The second-order valence-corrected chi connectivity index (χ2v) is 8.50. The number of aromatic nitrogens is 2. The van der Waals surface area contributed by atoms with Crippen LogP contribution in [0.5, 0.6) is 0 Å². The minimum atomic E-state index is -0.476. The summed E-state index contributed by atoms with van der Waals surface area (Å²) in [5, 5.41) is 13.6. The van der Waals surface area contributed by atoms with E-state index in [-0.39, 0.29) is 29.3 Å². The van der Waals surface area contributed by atoms with Gasteiger partial charge in [-0.05, 0) is 30.3 Å². The number of benzene rings is 2. The molecule has 2 heterocycles. The summed E-state index contributed by atoms with van der Waals surface area (Å²) in [6, 6.07) is 12.6. The number of amides is 3. The zero-order chi connectivity index (χ0) is 21.8. The highest BCUT2D eigenvalue weighted by molar-refractivity contribution is 7.99. The molecule has 3 amide bonds. The van der Waals surface area contributed by atoms with Gasteiger partial charge in [-0.2, -0.15) is 0 Å². The molecular weight excluding hydrogens is 438 g/mol. The molecule has 9 nitrogen and oxygen atoms in total. The van der Waals surface area contributed by atoms with Crippen molar-refractivity contribution in [2.45, 2.75) is 21.4 Å². The summed E-state index contributed by atoms with van der Waals surface area (Å²) >= 11 is 2.53. The Morgan fingerprint density at radius 3 is 2.84 bits per heavy atom. The molecule has 3 aromatic rings. The number of hydrogen-bond acceptors (Lipinski definition) is 8. The molecule has 31 heavy (non-hydrogen) atoms.